The fourth-order valence-corrected chi connectivity index (χ4v) is 2.44. The Hall–Kier alpha value is -3.55. The number of nitrogens with zero attached hydrogens (tertiary/aromatic N) is 1. The molecule has 0 fully saturated rings. The predicted molar refractivity (Wildman–Crippen MR) is 106 cm³/mol. The highest BCUT2D eigenvalue weighted by Gasteiger charge is 2.15. The highest BCUT2D eigenvalue weighted by atomic mass is 16.5. The summed E-state index contributed by atoms with van der Waals surface area (Å²) in [6.07, 6.45) is 1.37. The molecule has 0 radical (unpaired) electrons. The molecule has 2 aromatic carbocycles. The number of aryl methyl sites for hydroxylation is 2. The number of rotatable bonds is 6. The SMILES string of the molecule is COc1cc(/C=N\NC(=O)C(=O)Nc2cc(C)ccc2C)cc(OC)c1OC. The van der Waals surface area contributed by atoms with E-state index >= 15 is 0 Å². The van der Waals surface area contributed by atoms with E-state index in [-0.39, 0.29) is 0 Å². The second-order valence-electron chi connectivity index (χ2n) is 5.93. The van der Waals surface area contributed by atoms with Crippen molar-refractivity contribution in [2.75, 3.05) is 26.6 Å². The molecular formula is C20H23N3O5. The molecule has 0 saturated carbocycles. The molecule has 2 rings (SSSR count). The van der Waals surface area contributed by atoms with Crippen LogP contribution in [-0.4, -0.2) is 39.4 Å². The first-order valence-corrected chi connectivity index (χ1v) is 8.41. The first kappa shape index (κ1) is 20.8. The third-order valence-electron chi connectivity index (χ3n) is 3.91. The molecule has 0 heterocycles. The molecule has 2 amide bonds. The minimum Gasteiger partial charge on any atom is -0.493 e. The van der Waals surface area contributed by atoms with E-state index in [1.165, 1.54) is 27.5 Å². The maximum absolute atomic E-state index is 12.0. The molecule has 2 N–H and O–H groups in total. The first-order chi connectivity index (χ1) is 13.4. The van der Waals surface area contributed by atoms with Gasteiger partial charge in [0.25, 0.3) is 0 Å². The lowest BCUT2D eigenvalue weighted by Crippen LogP contribution is -2.32. The van der Waals surface area contributed by atoms with Gasteiger partial charge in [0.05, 0.1) is 27.5 Å². The van der Waals surface area contributed by atoms with Gasteiger partial charge in [0, 0.05) is 11.3 Å². The van der Waals surface area contributed by atoms with Crippen molar-refractivity contribution >= 4 is 23.7 Å². The Kier molecular flexibility index (Phi) is 6.97. The summed E-state index contributed by atoms with van der Waals surface area (Å²) in [6, 6.07) is 8.90. The second kappa shape index (κ2) is 9.40. The van der Waals surface area contributed by atoms with Crippen LogP contribution in [0.4, 0.5) is 5.69 Å². The van der Waals surface area contributed by atoms with Gasteiger partial charge in [0.2, 0.25) is 5.75 Å². The number of ether oxygens (including phenoxy) is 3. The van der Waals surface area contributed by atoms with Crippen molar-refractivity contribution in [3.63, 3.8) is 0 Å². The summed E-state index contributed by atoms with van der Waals surface area (Å²) in [5.41, 5.74) is 5.19. The lowest BCUT2D eigenvalue weighted by molar-refractivity contribution is -0.136. The second-order valence-corrected chi connectivity index (χ2v) is 5.93. The fourth-order valence-electron chi connectivity index (χ4n) is 2.44. The van der Waals surface area contributed by atoms with E-state index in [2.05, 4.69) is 15.8 Å². The molecule has 28 heavy (non-hydrogen) atoms. The monoisotopic (exact) mass is 385 g/mol. The van der Waals surface area contributed by atoms with Crippen LogP contribution in [0.2, 0.25) is 0 Å². The summed E-state index contributed by atoms with van der Waals surface area (Å²) in [5, 5.41) is 6.38. The van der Waals surface area contributed by atoms with Gasteiger partial charge in [-0.15, -0.1) is 0 Å². The van der Waals surface area contributed by atoms with E-state index in [1.54, 1.807) is 18.2 Å². The van der Waals surface area contributed by atoms with E-state index in [0.29, 0.717) is 28.5 Å². The molecule has 0 atom stereocenters. The number of anilines is 1. The van der Waals surface area contributed by atoms with Gasteiger partial charge in [-0.05, 0) is 43.2 Å². The van der Waals surface area contributed by atoms with Crippen molar-refractivity contribution < 1.29 is 23.8 Å². The summed E-state index contributed by atoms with van der Waals surface area (Å²) in [7, 11) is 4.50. The normalized spacial score (nSPS) is 10.5. The summed E-state index contributed by atoms with van der Waals surface area (Å²) >= 11 is 0. The van der Waals surface area contributed by atoms with Crippen molar-refractivity contribution in [1.82, 2.24) is 5.43 Å². The van der Waals surface area contributed by atoms with Crippen LogP contribution in [0.1, 0.15) is 16.7 Å². The van der Waals surface area contributed by atoms with Crippen molar-refractivity contribution in [1.29, 1.82) is 0 Å². The fraction of sp³-hybridized carbons (Fsp3) is 0.250. The number of hydrogen-bond acceptors (Lipinski definition) is 6. The maximum atomic E-state index is 12.0. The molecule has 8 nitrogen and oxygen atoms in total. The number of benzene rings is 2. The van der Waals surface area contributed by atoms with Crippen molar-refractivity contribution in [3.05, 3.63) is 47.0 Å². The molecule has 0 unspecified atom stereocenters. The van der Waals surface area contributed by atoms with Crippen molar-refractivity contribution in [2.45, 2.75) is 13.8 Å². The van der Waals surface area contributed by atoms with E-state index in [1.807, 2.05) is 26.0 Å². The molecule has 0 aliphatic carbocycles. The van der Waals surface area contributed by atoms with Gasteiger partial charge in [-0.3, -0.25) is 9.59 Å². The van der Waals surface area contributed by atoms with E-state index in [4.69, 9.17) is 14.2 Å². The van der Waals surface area contributed by atoms with E-state index in [9.17, 15) is 9.59 Å². The third-order valence-corrected chi connectivity index (χ3v) is 3.91. The topological polar surface area (TPSA) is 98.2 Å². The number of methoxy groups -OCH3 is 3. The van der Waals surface area contributed by atoms with Crippen LogP contribution < -0.4 is 25.0 Å². The zero-order chi connectivity index (χ0) is 20.7. The smallest absolute Gasteiger partial charge is 0.329 e. The van der Waals surface area contributed by atoms with Crippen molar-refractivity contribution in [2.24, 2.45) is 5.10 Å². The molecule has 0 spiro atoms. The highest BCUT2D eigenvalue weighted by Crippen LogP contribution is 2.37. The van der Waals surface area contributed by atoms with Crippen LogP contribution in [0, 0.1) is 13.8 Å². The van der Waals surface area contributed by atoms with Crippen LogP contribution in [0.25, 0.3) is 0 Å². The van der Waals surface area contributed by atoms with Gasteiger partial charge >= 0.3 is 11.8 Å². The molecule has 0 bridgehead atoms. The molecule has 0 saturated heterocycles. The largest absolute Gasteiger partial charge is 0.493 e. The predicted octanol–water partition coefficient (Wildman–Crippen LogP) is 2.42. The molecule has 148 valence electrons. The Morgan fingerprint density at radius 1 is 0.929 bits per heavy atom. The van der Waals surface area contributed by atoms with Crippen molar-refractivity contribution in [3.8, 4) is 17.2 Å². The van der Waals surface area contributed by atoms with Crippen LogP contribution in [-0.2, 0) is 9.59 Å². The molecule has 2 aromatic rings. The molecule has 0 aliphatic heterocycles. The zero-order valence-corrected chi connectivity index (χ0v) is 16.5. The summed E-state index contributed by atoms with van der Waals surface area (Å²) < 4.78 is 15.8. The minimum absolute atomic E-state index is 0.444. The molecule has 8 heteroatoms. The Balaban J connectivity index is 2.06. The van der Waals surface area contributed by atoms with Crippen LogP contribution in [0.15, 0.2) is 35.4 Å². The molecule has 0 aromatic heterocycles. The first-order valence-electron chi connectivity index (χ1n) is 8.41. The van der Waals surface area contributed by atoms with Gasteiger partial charge in [-0.2, -0.15) is 5.10 Å². The maximum Gasteiger partial charge on any atom is 0.329 e. The summed E-state index contributed by atoms with van der Waals surface area (Å²) in [5.74, 6) is -0.357. The standard InChI is InChI=1S/C20H23N3O5/c1-12-6-7-13(2)15(8-12)22-19(24)20(25)23-21-11-14-9-16(26-3)18(28-5)17(10-14)27-4/h6-11H,1-5H3,(H,22,24)(H,23,25)/b21-11-. The number of carbonyl (C=O) groups excluding carboxylic acids is 2. The van der Waals surface area contributed by atoms with Crippen LogP contribution >= 0.6 is 0 Å². The molecular weight excluding hydrogens is 362 g/mol. The average Bonchev–Trinajstić information content (AvgIpc) is 2.69. The number of nitrogens with one attached hydrogen (secondary N) is 2. The highest BCUT2D eigenvalue weighted by molar-refractivity contribution is 6.39. The van der Waals surface area contributed by atoms with E-state index < -0.39 is 11.8 Å². The van der Waals surface area contributed by atoms with E-state index in [0.717, 1.165) is 11.1 Å². The minimum atomic E-state index is -0.885. The molecule has 0 aliphatic rings. The van der Waals surface area contributed by atoms with Gasteiger partial charge in [-0.25, -0.2) is 5.43 Å². The van der Waals surface area contributed by atoms with Gasteiger partial charge < -0.3 is 19.5 Å². The lowest BCUT2D eigenvalue weighted by Gasteiger charge is -2.12. The summed E-state index contributed by atoms with van der Waals surface area (Å²) in [6.45, 7) is 3.74. The average molecular weight is 385 g/mol. The Morgan fingerprint density at radius 2 is 1.57 bits per heavy atom. The third kappa shape index (κ3) is 5.00. The quantitative estimate of drug-likeness (QED) is 0.452. The number of hydrogen-bond donors (Lipinski definition) is 2. The lowest BCUT2D eigenvalue weighted by atomic mass is 10.1. The Morgan fingerprint density at radius 3 is 2.14 bits per heavy atom. The van der Waals surface area contributed by atoms with Gasteiger partial charge in [-0.1, -0.05) is 12.1 Å². The van der Waals surface area contributed by atoms with Gasteiger partial charge in [0.1, 0.15) is 0 Å². The van der Waals surface area contributed by atoms with Crippen LogP contribution in [0.5, 0.6) is 17.2 Å². The van der Waals surface area contributed by atoms with Gasteiger partial charge in [0.15, 0.2) is 11.5 Å². The number of carbonyl (C=O) groups is 2. The Labute approximate surface area is 163 Å². The van der Waals surface area contributed by atoms with Crippen LogP contribution in [0.3, 0.4) is 0 Å². The number of amides is 2. The Bertz CT molecular complexity index is 884. The zero-order valence-electron chi connectivity index (χ0n) is 16.5. The summed E-state index contributed by atoms with van der Waals surface area (Å²) in [4.78, 5) is 24.0. The number of hydrazone groups is 1.